The third-order valence-corrected chi connectivity index (χ3v) is 2.33. The molecule has 0 saturated carbocycles. The molecule has 2 rings (SSSR count). The molecule has 16 heavy (non-hydrogen) atoms. The van der Waals surface area contributed by atoms with Gasteiger partial charge in [0.05, 0.1) is 17.6 Å². The van der Waals surface area contributed by atoms with Crippen LogP contribution >= 0.6 is 0 Å². The maximum absolute atomic E-state index is 5.68. The van der Waals surface area contributed by atoms with E-state index in [2.05, 4.69) is 43.1 Å². The van der Waals surface area contributed by atoms with Gasteiger partial charge in [-0.05, 0) is 12.1 Å². The number of nitrogen functional groups attached to an aromatic ring is 1. The van der Waals surface area contributed by atoms with Crippen molar-refractivity contribution in [1.29, 1.82) is 0 Å². The van der Waals surface area contributed by atoms with Gasteiger partial charge in [-0.1, -0.05) is 45.9 Å². The van der Waals surface area contributed by atoms with Crippen LogP contribution in [-0.2, 0) is 0 Å². The molecule has 2 nitrogen and oxygen atoms in total. The number of nitrogens with zero attached hydrogens (tertiary/aromatic N) is 1. The van der Waals surface area contributed by atoms with Gasteiger partial charge in [0.2, 0.25) is 0 Å². The van der Waals surface area contributed by atoms with E-state index in [0.717, 1.165) is 11.3 Å². The molecule has 0 saturated heterocycles. The van der Waals surface area contributed by atoms with Gasteiger partial charge in [-0.2, -0.15) is 0 Å². The Hall–Kier alpha value is -1.57. The van der Waals surface area contributed by atoms with Crippen LogP contribution in [-0.4, -0.2) is 4.98 Å². The average Bonchev–Trinajstić information content (AvgIpc) is 2.41. The summed E-state index contributed by atoms with van der Waals surface area (Å²) in [6.07, 6.45) is 10.1. The third kappa shape index (κ3) is 2.96. The van der Waals surface area contributed by atoms with Gasteiger partial charge in [0.25, 0.3) is 0 Å². The minimum atomic E-state index is 0.0927. The lowest BCUT2D eigenvalue weighted by Gasteiger charge is -2.11. The van der Waals surface area contributed by atoms with Crippen molar-refractivity contribution in [2.75, 3.05) is 5.73 Å². The van der Waals surface area contributed by atoms with Gasteiger partial charge < -0.3 is 5.73 Å². The van der Waals surface area contributed by atoms with Gasteiger partial charge in [0.15, 0.2) is 0 Å². The number of pyridine rings is 1. The van der Waals surface area contributed by atoms with Crippen molar-refractivity contribution in [2.45, 2.75) is 27.7 Å². The van der Waals surface area contributed by atoms with E-state index in [-0.39, 0.29) is 5.41 Å². The molecule has 2 N–H and O–H groups in total. The second-order valence-corrected chi connectivity index (χ2v) is 4.23. The minimum absolute atomic E-state index is 0.0927. The summed E-state index contributed by atoms with van der Waals surface area (Å²) >= 11 is 0. The van der Waals surface area contributed by atoms with Crippen LogP contribution in [0.5, 0.6) is 0 Å². The van der Waals surface area contributed by atoms with Crippen LogP contribution in [0.1, 0.15) is 39.0 Å². The van der Waals surface area contributed by atoms with Crippen LogP contribution in [0.15, 0.2) is 24.4 Å². The summed E-state index contributed by atoms with van der Waals surface area (Å²) in [5.74, 6) is 0. The molecule has 1 aromatic heterocycles. The van der Waals surface area contributed by atoms with Crippen molar-refractivity contribution in [2.24, 2.45) is 5.41 Å². The first kappa shape index (κ1) is 12.5. The van der Waals surface area contributed by atoms with Gasteiger partial charge in [-0.15, -0.1) is 0 Å². The molecule has 1 heterocycles. The summed E-state index contributed by atoms with van der Waals surface area (Å²) in [5.41, 5.74) is 8.56. The molecule has 0 unspecified atom stereocenters. The number of anilines is 1. The Morgan fingerprint density at radius 1 is 1.12 bits per heavy atom. The van der Waals surface area contributed by atoms with Gasteiger partial charge in [0.1, 0.15) is 0 Å². The van der Waals surface area contributed by atoms with E-state index in [1.807, 2.05) is 19.9 Å². The second kappa shape index (κ2) is 4.97. The van der Waals surface area contributed by atoms with E-state index < -0.39 is 0 Å². The summed E-state index contributed by atoms with van der Waals surface area (Å²) in [7, 11) is 0. The molecule has 0 spiro atoms. The van der Waals surface area contributed by atoms with Gasteiger partial charge in [-0.3, -0.25) is 4.98 Å². The van der Waals surface area contributed by atoms with Crippen molar-refractivity contribution in [3.63, 3.8) is 0 Å². The van der Waals surface area contributed by atoms with Crippen LogP contribution in [0.3, 0.4) is 0 Å². The lowest BCUT2D eigenvalue weighted by molar-refractivity contribution is 0.633. The first-order valence-electron chi connectivity index (χ1n) is 5.71. The monoisotopic (exact) mass is 216 g/mol. The number of allylic oxidation sites excluding steroid dienone is 2. The highest BCUT2D eigenvalue weighted by atomic mass is 14.7. The summed E-state index contributed by atoms with van der Waals surface area (Å²) < 4.78 is 0. The van der Waals surface area contributed by atoms with Gasteiger partial charge >= 0.3 is 0 Å². The Kier molecular flexibility index (Phi) is 3.88. The number of hydrogen-bond acceptors (Lipinski definition) is 2. The first-order valence-corrected chi connectivity index (χ1v) is 5.71. The predicted octanol–water partition coefficient (Wildman–Crippen LogP) is 3.76. The second-order valence-electron chi connectivity index (χ2n) is 4.23. The number of fused-ring (bicyclic) bond motifs is 1. The minimum Gasteiger partial charge on any atom is -0.397 e. The molecule has 0 bridgehead atoms. The summed E-state index contributed by atoms with van der Waals surface area (Å²) in [6.45, 7) is 8.32. The van der Waals surface area contributed by atoms with Gasteiger partial charge in [-0.25, -0.2) is 0 Å². The fourth-order valence-corrected chi connectivity index (χ4v) is 1.44. The van der Waals surface area contributed by atoms with Crippen LogP contribution in [0, 0.1) is 5.41 Å². The molecule has 2 heteroatoms. The van der Waals surface area contributed by atoms with Crippen LogP contribution in [0.4, 0.5) is 5.69 Å². The topological polar surface area (TPSA) is 38.9 Å². The van der Waals surface area contributed by atoms with Crippen molar-refractivity contribution in [3.8, 4) is 0 Å². The molecule has 0 aliphatic heterocycles. The fraction of sp³-hybridized carbons (Fsp3) is 0.357. The van der Waals surface area contributed by atoms with Crippen molar-refractivity contribution >= 4 is 17.8 Å². The standard InChI is InChI=1S/C12H14N2.C2H6/c1-12(2)5-3-9-7-10(13)8-14-11(9)4-6-12;1-2/h3-8H,13H2,1-2H3;1-2H3. The van der Waals surface area contributed by atoms with E-state index in [4.69, 9.17) is 5.73 Å². The van der Waals surface area contributed by atoms with Crippen LogP contribution in [0.2, 0.25) is 0 Å². The molecule has 0 amide bonds. The molecule has 86 valence electrons. The lowest BCUT2D eigenvalue weighted by atomic mass is 9.93. The zero-order valence-corrected chi connectivity index (χ0v) is 10.5. The SMILES string of the molecule is CC.CC1(C)C=Cc2cc(N)cnc2C=C1. The molecule has 0 fully saturated rings. The Bertz CT molecular complexity index is 415. The van der Waals surface area contributed by atoms with Crippen molar-refractivity contribution in [1.82, 2.24) is 4.98 Å². The molecule has 0 radical (unpaired) electrons. The Morgan fingerprint density at radius 2 is 1.75 bits per heavy atom. The zero-order chi connectivity index (χ0) is 12.2. The lowest BCUT2D eigenvalue weighted by Crippen LogP contribution is -1.99. The number of aromatic nitrogens is 1. The molecule has 0 aromatic carbocycles. The molecule has 1 aliphatic rings. The first-order chi connectivity index (χ1) is 7.57. The smallest absolute Gasteiger partial charge is 0.0700 e. The highest BCUT2D eigenvalue weighted by molar-refractivity contribution is 5.68. The Balaban J connectivity index is 0.000000606. The maximum Gasteiger partial charge on any atom is 0.0700 e. The number of hydrogen-bond donors (Lipinski definition) is 1. The fourth-order valence-electron chi connectivity index (χ4n) is 1.44. The number of rotatable bonds is 0. The summed E-state index contributed by atoms with van der Waals surface area (Å²) in [6, 6.07) is 1.95. The highest BCUT2D eigenvalue weighted by Crippen LogP contribution is 2.27. The van der Waals surface area contributed by atoms with E-state index in [0.29, 0.717) is 5.69 Å². The normalized spacial score (nSPS) is 15.8. The zero-order valence-electron chi connectivity index (χ0n) is 10.5. The summed E-state index contributed by atoms with van der Waals surface area (Å²) in [5, 5.41) is 0. The largest absolute Gasteiger partial charge is 0.397 e. The molecule has 1 aliphatic carbocycles. The van der Waals surface area contributed by atoms with Gasteiger partial charge in [0, 0.05) is 11.0 Å². The highest BCUT2D eigenvalue weighted by Gasteiger charge is 2.12. The van der Waals surface area contributed by atoms with Crippen LogP contribution < -0.4 is 5.73 Å². The molecular formula is C14H20N2. The van der Waals surface area contributed by atoms with E-state index in [9.17, 15) is 0 Å². The Labute approximate surface area is 97.9 Å². The Morgan fingerprint density at radius 3 is 2.44 bits per heavy atom. The van der Waals surface area contributed by atoms with E-state index in [1.165, 1.54) is 0 Å². The quantitative estimate of drug-likeness (QED) is 0.717. The van der Waals surface area contributed by atoms with Crippen molar-refractivity contribution < 1.29 is 0 Å². The molecule has 0 atom stereocenters. The predicted molar refractivity (Wildman–Crippen MR) is 71.8 cm³/mol. The molecular weight excluding hydrogens is 196 g/mol. The van der Waals surface area contributed by atoms with E-state index >= 15 is 0 Å². The summed E-state index contributed by atoms with van der Waals surface area (Å²) in [4.78, 5) is 4.28. The van der Waals surface area contributed by atoms with Crippen molar-refractivity contribution in [3.05, 3.63) is 35.7 Å². The maximum atomic E-state index is 5.68. The van der Waals surface area contributed by atoms with Crippen LogP contribution in [0.25, 0.3) is 12.2 Å². The van der Waals surface area contributed by atoms with E-state index in [1.54, 1.807) is 6.20 Å². The average molecular weight is 216 g/mol. The molecule has 1 aromatic rings. The third-order valence-electron chi connectivity index (χ3n) is 2.33. The number of nitrogens with two attached hydrogens (primary N) is 1.